The minimum absolute atomic E-state index is 0.438. The lowest BCUT2D eigenvalue weighted by atomic mass is 10.4. The lowest BCUT2D eigenvalue weighted by Crippen LogP contribution is -2.25. The van der Waals surface area contributed by atoms with Crippen molar-refractivity contribution in [1.29, 1.82) is 5.26 Å². The van der Waals surface area contributed by atoms with Gasteiger partial charge in [0.2, 0.25) is 0 Å². The van der Waals surface area contributed by atoms with E-state index in [-0.39, 0.29) is 0 Å². The molecule has 1 rings (SSSR count). The summed E-state index contributed by atoms with van der Waals surface area (Å²) in [7, 11) is 0. The van der Waals surface area contributed by atoms with Gasteiger partial charge in [-0.05, 0) is 13.5 Å². The Bertz CT molecular complexity index is 311. The second-order valence-electron chi connectivity index (χ2n) is 2.95. The average Bonchev–Trinajstić information content (AvgIpc) is 2.64. The lowest BCUT2D eigenvalue weighted by molar-refractivity contribution is 0.299. The molecule has 5 nitrogen and oxygen atoms in total. The molecular weight excluding hydrogens is 178 g/mol. The molecule has 5 heteroatoms. The molecule has 0 bridgehead atoms. The van der Waals surface area contributed by atoms with Crippen LogP contribution in [0.4, 0.5) is 0 Å². The Kier molecular flexibility index (Phi) is 4.08. The molecule has 0 amide bonds. The fraction of sp³-hybridized carbons (Fsp3) is 0.667. The van der Waals surface area contributed by atoms with Gasteiger partial charge < -0.3 is 0 Å². The normalized spacial score (nSPS) is 10.4. The van der Waals surface area contributed by atoms with Crippen LogP contribution in [-0.4, -0.2) is 32.8 Å². The highest BCUT2D eigenvalue weighted by molar-refractivity contribution is 4.86. The summed E-state index contributed by atoms with van der Waals surface area (Å²) in [5.74, 6) is 0.921. The van der Waals surface area contributed by atoms with Crippen molar-refractivity contribution in [3.8, 4) is 6.07 Å². The summed E-state index contributed by atoms with van der Waals surface area (Å²) >= 11 is 0. The fourth-order valence-electron chi connectivity index (χ4n) is 1.25. The molecule has 0 fully saturated rings. The Labute approximate surface area is 84.0 Å². The van der Waals surface area contributed by atoms with Gasteiger partial charge in [-0.15, -0.1) is 0 Å². The second kappa shape index (κ2) is 5.35. The van der Waals surface area contributed by atoms with Crippen LogP contribution in [0.3, 0.4) is 0 Å². The molecule has 1 heterocycles. The minimum Gasteiger partial charge on any atom is -0.283 e. The topological polar surface area (TPSA) is 57.7 Å². The molecule has 1 aromatic heterocycles. The van der Waals surface area contributed by atoms with Crippen LogP contribution < -0.4 is 0 Å². The molecule has 0 saturated heterocycles. The third-order valence-electron chi connectivity index (χ3n) is 2.10. The van der Waals surface area contributed by atoms with Crippen molar-refractivity contribution in [2.45, 2.75) is 26.9 Å². The highest BCUT2D eigenvalue weighted by Gasteiger charge is 2.07. The molecule has 0 atom stereocenters. The van der Waals surface area contributed by atoms with Crippen LogP contribution in [0.2, 0.25) is 0 Å². The smallest absolute Gasteiger partial charge is 0.141 e. The molecule has 0 aliphatic heterocycles. The van der Waals surface area contributed by atoms with Gasteiger partial charge in [0.15, 0.2) is 0 Å². The maximum atomic E-state index is 8.59. The Balaban J connectivity index is 2.62. The number of rotatable bonds is 5. The monoisotopic (exact) mass is 193 g/mol. The second-order valence-corrected chi connectivity index (χ2v) is 2.95. The number of hydrogen-bond donors (Lipinski definition) is 0. The van der Waals surface area contributed by atoms with E-state index >= 15 is 0 Å². The van der Waals surface area contributed by atoms with E-state index in [9.17, 15) is 0 Å². The summed E-state index contributed by atoms with van der Waals surface area (Å²) in [6.45, 7) is 6.86. The van der Waals surface area contributed by atoms with E-state index in [1.807, 2.05) is 23.4 Å². The van der Waals surface area contributed by atoms with Gasteiger partial charge in [0, 0.05) is 6.54 Å². The zero-order chi connectivity index (χ0) is 10.4. The highest BCUT2D eigenvalue weighted by atomic mass is 15.3. The number of nitriles is 1. The number of nitrogens with zero attached hydrogens (tertiary/aromatic N) is 5. The molecule has 76 valence electrons. The molecule has 0 aromatic carbocycles. The van der Waals surface area contributed by atoms with Gasteiger partial charge in [0.1, 0.15) is 12.2 Å². The number of aryl methyl sites for hydroxylation is 1. The standard InChI is InChI=1S/C9H15N5/c1-3-13(6-5-10)7-9-11-8-12-14(9)4-2/h8H,3-4,6-7H2,1-2H3. The highest BCUT2D eigenvalue weighted by Crippen LogP contribution is 2.00. The molecule has 0 radical (unpaired) electrons. The quantitative estimate of drug-likeness (QED) is 0.644. The van der Waals surface area contributed by atoms with Gasteiger partial charge in [-0.3, -0.25) is 4.90 Å². The predicted octanol–water partition coefficient (Wildman–Crippen LogP) is 0.643. The van der Waals surface area contributed by atoms with Crippen LogP contribution in [0.15, 0.2) is 6.33 Å². The third kappa shape index (κ3) is 2.54. The fourth-order valence-corrected chi connectivity index (χ4v) is 1.25. The Morgan fingerprint density at radius 2 is 2.36 bits per heavy atom. The van der Waals surface area contributed by atoms with Crippen LogP contribution in [0.1, 0.15) is 19.7 Å². The van der Waals surface area contributed by atoms with E-state index in [4.69, 9.17) is 5.26 Å². The first-order valence-corrected chi connectivity index (χ1v) is 4.77. The summed E-state index contributed by atoms with van der Waals surface area (Å²) in [5, 5.41) is 12.7. The van der Waals surface area contributed by atoms with Crippen LogP contribution in [0.5, 0.6) is 0 Å². The number of hydrogen-bond acceptors (Lipinski definition) is 4. The zero-order valence-electron chi connectivity index (χ0n) is 8.64. The molecule has 0 aliphatic rings. The van der Waals surface area contributed by atoms with Gasteiger partial charge in [-0.25, -0.2) is 9.67 Å². The predicted molar refractivity (Wildman–Crippen MR) is 52.3 cm³/mol. The largest absolute Gasteiger partial charge is 0.283 e. The van der Waals surface area contributed by atoms with E-state index in [1.54, 1.807) is 6.33 Å². The van der Waals surface area contributed by atoms with Crippen molar-refractivity contribution in [3.05, 3.63) is 12.2 Å². The summed E-state index contributed by atoms with van der Waals surface area (Å²) in [6.07, 6.45) is 1.55. The van der Waals surface area contributed by atoms with Crippen LogP contribution >= 0.6 is 0 Å². The Morgan fingerprint density at radius 3 is 2.93 bits per heavy atom. The molecule has 14 heavy (non-hydrogen) atoms. The zero-order valence-corrected chi connectivity index (χ0v) is 8.64. The molecule has 0 aliphatic carbocycles. The van der Waals surface area contributed by atoms with Gasteiger partial charge in [0.05, 0.1) is 19.2 Å². The number of aromatic nitrogens is 3. The molecule has 1 aromatic rings. The van der Waals surface area contributed by atoms with Crippen molar-refractivity contribution < 1.29 is 0 Å². The van der Waals surface area contributed by atoms with E-state index in [2.05, 4.69) is 16.2 Å². The third-order valence-corrected chi connectivity index (χ3v) is 2.10. The molecule has 0 unspecified atom stereocenters. The van der Waals surface area contributed by atoms with Crippen LogP contribution in [-0.2, 0) is 13.1 Å². The minimum atomic E-state index is 0.438. The van der Waals surface area contributed by atoms with Crippen molar-refractivity contribution in [1.82, 2.24) is 19.7 Å². The van der Waals surface area contributed by atoms with Crippen molar-refractivity contribution in [2.75, 3.05) is 13.1 Å². The lowest BCUT2D eigenvalue weighted by Gasteiger charge is -2.15. The van der Waals surface area contributed by atoms with Gasteiger partial charge in [-0.2, -0.15) is 10.4 Å². The maximum absolute atomic E-state index is 8.59. The molecular formula is C9H15N5. The van der Waals surface area contributed by atoms with Gasteiger partial charge in [-0.1, -0.05) is 6.92 Å². The van der Waals surface area contributed by atoms with E-state index in [0.717, 1.165) is 18.9 Å². The van der Waals surface area contributed by atoms with E-state index in [0.29, 0.717) is 13.1 Å². The van der Waals surface area contributed by atoms with Crippen molar-refractivity contribution in [3.63, 3.8) is 0 Å². The van der Waals surface area contributed by atoms with Gasteiger partial charge >= 0.3 is 0 Å². The van der Waals surface area contributed by atoms with E-state index < -0.39 is 0 Å². The summed E-state index contributed by atoms with van der Waals surface area (Å²) in [5.41, 5.74) is 0. The SMILES string of the molecule is CCN(CC#N)Cc1ncnn1CC. The maximum Gasteiger partial charge on any atom is 0.141 e. The first kappa shape index (κ1) is 10.7. The van der Waals surface area contributed by atoms with Crippen LogP contribution in [0, 0.1) is 11.3 Å². The molecule has 0 saturated carbocycles. The Morgan fingerprint density at radius 1 is 1.57 bits per heavy atom. The summed E-state index contributed by atoms with van der Waals surface area (Å²) in [4.78, 5) is 6.18. The van der Waals surface area contributed by atoms with Crippen molar-refractivity contribution >= 4 is 0 Å². The van der Waals surface area contributed by atoms with Crippen molar-refractivity contribution in [2.24, 2.45) is 0 Å². The first-order chi connectivity index (χ1) is 6.81. The summed E-state index contributed by atoms with van der Waals surface area (Å²) < 4.78 is 1.85. The van der Waals surface area contributed by atoms with E-state index in [1.165, 1.54) is 0 Å². The average molecular weight is 193 g/mol. The summed E-state index contributed by atoms with van der Waals surface area (Å²) in [6, 6.07) is 2.14. The molecule has 0 N–H and O–H groups in total. The molecule has 0 spiro atoms. The first-order valence-electron chi connectivity index (χ1n) is 4.77. The Hall–Kier alpha value is -1.41. The van der Waals surface area contributed by atoms with Crippen LogP contribution in [0.25, 0.3) is 0 Å². The van der Waals surface area contributed by atoms with Gasteiger partial charge in [0.25, 0.3) is 0 Å².